The number of rotatable bonds is 7. The number of aliphatic hydroxyl groups excluding tert-OH is 2. The maximum Gasteiger partial charge on any atom is 0.123 e. The first-order valence-corrected chi connectivity index (χ1v) is 5.48. The Bertz CT molecular complexity index is 343. The lowest BCUT2D eigenvalue weighted by molar-refractivity contribution is 0.171. The van der Waals surface area contributed by atoms with E-state index in [0.29, 0.717) is 18.7 Å². The third-order valence-electron chi connectivity index (χ3n) is 2.51. The zero-order valence-electron chi connectivity index (χ0n) is 9.82. The third kappa shape index (κ3) is 4.30. The van der Waals surface area contributed by atoms with Gasteiger partial charge in [0.1, 0.15) is 11.6 Å². The van der Waals surface area contributed by atoms with E-state index in [1.165, 1.54) is 19.2 Å². The SMILES string of the molecule is COc1ccc(F)cc1CCNC(CO)CO. The van der Waals surface area contributed by atoms with Gasteiger partial charge < -0.3 is 20.3 Å². The van der Waals surface area contributed by atoms with Crippen molar-refractivity contribution in [3.05, 3.63) is 29.6 Å². The fraction of sp³-hybridized carbons (Fsp3) is 0.500. The van der Waals surface area contributed by atoms with Gasteiger partial charge in [0.05, 0.1) is 26.4 Å². The molecule has 3 N–H and O–H groups in total. The van der Waals surface area contributed by atoms with E-state index in [-0.39, 0.29) is 25.1 Å². The molecule has 0 amide bonds. The van der Waals surface area contributed by atoms with Crippen LogP contribution in [0.3, 0.4) is 0 Å². The molecule has 5 heteroatoms. The van der Waals surface area contributed by atoms with Gasteiger partial charge in [0.15, 0.2) is 0 Å². The second kappa shape index (κ2) is 7.21. The Kier molecular flexibility index (Phi) is 5.90. The van der Waals surface area contributed by atoms with E-state index in [2.05, 4.69) is 5.32 Å². The van der Waals surface area contributed by atoms with E-state index < -0.39 is 0 Å². The average Bonchev–Trinajstić information content (AvgIpc) is 2.35. The maximum absolute atomic E-state index is 13.0. The van der Waals surface area contributed by atoms with Crippen LogP contribution in [0, 0.1) is 5.82 Å². The molecule has 0 atom stereocenters. The van der Waals surface area contributed by atoms with Crippen LogP contribution in [0.1, 0.15) is 5.56 Å². The summed E-state index contributed by atoms with van der Waals surface area (Å²) in [6, 6.07) is 4.02. The smallest absolute Gasteiger partial charge is 0.123 e. The van der Waals surface area contributed by atoms with Gasteiger partial charge in [-0.05, 0) is 36.7 Å². The molecule has 1 aromatic rings. The quantitative estimate of drug-likeness (QED) is 0.645. The number of hydrogen-bond acceptors (Lipinski definition) is 4. The molecule has 1 rings (SSSR count). The summed E-state index contributed by atoms with van der Waals surface area (Å²) in [7, 11) is 1.54. The first-order chi connectivity index (χ1) is 8.21. The number of methoxy groups -OCH3 is 1. The molecule has 0 saturated heterocycles. The van der Waals surface area contributed by atoms with Crippen molar-refractivity contribution in [2.75, 3.05) is 26.9 Å². The maximum atomic E-state index is 13.0. The van der Waals surface area contributed by atoms with Crippen molar-refractivity contribution in [2.45, 2.75) is 12.5 Å². The van der Waals surface area contributed by atoms with Crippen LogP contribution < -0.4 is 10.1 Å². The molecule has 0 unspecified atom stereocenters. The van der Waals surface area contributed by atoms with Gasteiger partial charge in [-0.3, -0.25) is 0 Å². The van der Waals surface area contributed by atoms with E-state index in [9.17, 15) is 4.39 Å². The fourth-order valence-corrected chi connectivity index (χ4v) is 1.54. The first kappa shape index (κ1) is 13.9. The number of benzene rings is 1. The highest BCUT2D eigenvalue weighted by atomic mass is 19.1. The van der Waals surface area contributed by atoms with Gasteiger partial charge in [0.25, 0.3) is 0 Å². The highest BCUT2D eigenvalue weighted by Gasteiger charge is 2.07. The predicted octanol–water partition coefficient (Wildman–Crippen LogP) is 0.320. The van der Waals surface area contributed by atoms with Crippen molar-refractivity contribution in [3.8, 4) is 5.75 Å². The summed E-state index contributed by atoms with van der Waals surface area (Å²) in [5.41, 5.74) is 0.759. The number of ether oxygens (including phenoxy) is 1. The summed E-state index contributed by atoms with van der Waals surface area (Å²) < 4.78 is 18.2. The molecule has 4 nitrogen and oxygen atoms in total. The monoisotopic (exact) mass is 243 g/mol. The van der Waals surface area contributed by atoms with Gasteiger partial charge in [0.2, 0.25) is 0 Å². The molecule has 0 aliphatic carbocycles. The summed E-state index contributed by atoms with van der Waals surface area (Å²) >= 11 is 0. The van der Waals surface area contributed by atoms with Crippen LogP contribution in [0.2, 0.25) is 0 Å². The molecule has 0 saturated carbocycles. The standard InChI is InChI=1S/C12H18FNO3/c1-17-12-3-2-10(13)6-9(12)4-5-14-11(7-15)8-16/h2-3,6,11,14-16H,4-5,7-8H2,1H3. The third-order valence-corrected chi connectivity index (χ3v) is 2.51. The summed E-state index contributed by atoms with van der Waals surface area (Å²) in [5, 5.41) is 20.7. The topological polar surface area (TPSA) is 61.7 Å². The summed E-state index contributed by atoms with van der Waals surface area (Å²) in [6.07, 6.45) is 0.567. The lowest BCUT2D eigenvalue weighted by Gasteiger charge is -2.14. The second-order valence-corrected chi connectivity index (χ2v) is 3.72. The van der Waals surface area contributed by atoms with Gasteiger partial charge in [-0.25, -0.2) is 4.39 Å². The van der Waals surface area contributed by atoms with Gasteiger partial charge in [-0.1, -0.05) is 0 Å². The molecule has 0 spiro atoms. The highest BCUT2D eigenvalue weighted by molar-refractivity contribution is 5.34. The molecule has 0 radical (unpaired) electrons. The number of hydrogen-bond donors (Lipinski definition) is 3. The van der Waals surface area contributed by atoms with Gasteiger partial charge in [-0.2, -0.15) is 0 Å². The van der Waals surface area contributed by atoms with Crippen molar-refractivity contribution >= 4 is 0 Å². The van der Waals surface area contributed by atoms with Crippen LogP contribution in [0.15, 0.2) is 18.2 Å². The number of aliphatic hydroxyl groups is 2. The average molecular weight is 243 g/mol. The minimum Gasteiger partial charge on any atom is -0.496 e. The first-order valence-electron chi connectivity index (χ1n) is 5.48. The Morgan fingerprint density at radius 3 is 2.65 bits per heavy atom. The molecule has 0 bridgehead atoms. The molecule has 0 heterocycles. The lowest BCUT2D eigenvalue weighted by atomic mass is 10.1. The van der Waals surface area contributed by atoms with Crippen molar-refractivity contribution in [2.24, 2.45) is 0 Å². The Balaban J connectivity index is 2.53. The van der Waals surface area contributed by atoms with Gasteiger partial charge >= 0.3 is 0 Å². The van der Waals surface area contributed by atoms with E-state index in [0.717, 1.165) is 5.56 Å². The Labute approximate surface area is 100 Å². The van der Waals surface area contributed by atoms with E-state index in [4.69, 9.17) is 14.9 Å². The van der Waals surface area contributed by atoms with Crippen molar-refractivity contribution in [1.29, 1.82) is 0 Å². The van der Waals surface area contributed by atoms with E-state index >= 15 is 0 Å². The lowest BCUT2D eigenvalue weighted by Crippen LogP contribution is -2.36. The molecular weight excluding hydrogens is 225 g/mol. The number of halogens is 1. The minimum absolute atomic E-state index is 0.128. The molecule has 0 fully saturated rings. The normalized spacial score (nSPS) is 10.9. The summed E-state index contributed by atoms with van der Waals surface area (Å²) in [6.45, 7) is 0.277. The van der Waals surface area contributed by atoms with Gasteiger partial charge in [-0.15, -0.1) is 0 Å². The van der Waals surface area contributed by atoms with Crippen LogP contribution in [-0.2, 0) is 6.42 Å². The Hall–Kier alpha value is -1.17. The Morgan fingerprint density at radius 1 is 1.35 bits per heavy atom. The largest absolute Gasteiger partial charge is 0.496 e. The number of nitrogens with one attached hydrogen (secondary N) is 1. The summed E-state index contributed by atoms with van der Waals surface area (Å²) in [4.78, 5) is 0. The minimum atomic E-state index is -0.338. The van der Waals surface area contributed by atoms with Gasteiger partial charge in [0, 0.05) is 0 Å². The van der Waals surface area contributed by atoms with Crippen molar-refractivity contribution in [3.63, 3.8) is 0 Å². The van der Waals surface area contributed by atoms with Crippen molar-refractivity contribution < 1.29 is 19.3 Å². The van der Waals surface area contributed by atoms with Crippen LogP contribution in [0.25, 0.3) is 0 Å². The summed E-state index contributed by atoms with van der Waals surface area (Å²) in [5.74, 6) is 0.333. The van der Waals surface area contributed by atoms with E-state index in [1.807, 2.05) is 0 Å². The molecule has 17 heavy (non-hydrogen) atoms. The fourth-order valence-electron chi connectivity index (χ4n) is 1.54. The van der Waals surface area contributed by atoms with E-state index in [1.54, 1.807) is 6.07 Å². The molecule has 0 aromatic heterocycles. The zero-order valence-corrected chi connectivity index (χ0v) is 9.82. The van der Waals surface area contributed by atoms with Crippen LogP contribution in [0.4, 0.5) is 4.39 Å². The molecule has 96 valence electrons. The zero-order chi connectivity index (χ0) is 12.7. The molecule has 0 aliphatic heterocycles. The molecule has 1 aromatic carbocycles. The molecular formula is C12H18FNO3. The predicted molar refractivity (Wildman–Crippen MR) is 62.6 cm³/mol. The van der Waals surface area contributed by atoms with Crippen LogP contribution in [0.5, 0.6) is 5.75 Å². The molecule has 0 aliphatic rings. The second-order valence-electron chi connectivity index (χ2n) is 3.72. The highest BCUT2D eigenvalue weighted by Crippen LogP contribution is 2.19. The van der Waals surface area contributed by atoms with Crippen LogP contribution >= 0.6 is 0 Å². The van der Waals surface area contributed by atoms with Crippen molar-refractivity contribution in [1.82, 2.24) is 5.32 Å². The Morgan fingerprint density at radius 2 is 2.06 bits per heavy atom. The van der Waals surface area contributed by atoms with Crippen LogP contribution in [-0.4, -0.2) is 43.1 Å².